The first kappa shape index (κ1) is 17.4. The molecule has 0 unspecified atom stereocenters. The summed E-state index contributed by atoms with van der Waals surface area (Å²) in [5.41, 5.74) is 0.736. The van der Waals surface area contributed by atoms with Crippen LogP contribution in [0.15, 0.2) is 59.5 Å². The first-order chi connectivity index (χ1) is 12.0. The van der Waals surface area contributed by atoms with Gasteiger partial charge in [0.05, 0.1) is 11.0 Å². The van der Waals surface area contributed by atoms with Crippen LogP contribution in [0.3, 0.4) is 0 Å². The van der Waals surface area contributed by atoms with Crippen molar-refractivity contribution in [1.82, 2.24) is 5.32 Å². The lowest BCUT2D eigenvalue weighted by molar-refractivity contribution is 0.0858. The van der Waals surface area contributed by atoms with Crippen LogP contribution in [0.2, 0.25) is 0 Å². The van der Waals surface area contributed by atoms with E-state index in [1.165, 1.54) is 18.2 Å². The average Bonchev–Trinajstić information content (AvgIpc) is 3.14. The Kier molecular flexibility index (Phi) is 5.35. The van der Waals surface area contributed by atoms with Gasteiger partial charge in [-0.1, -0.05) is 24.3 Å². The van der Waals surface area contributed by atoms with Gasteiger partial charge in [-0.25, -0.2) is 8.42 Å². The molecule has 1 saturated heterocycles. The molecular formula is C18H20N2O4S. The molecule has 0 saturated carbocycles. The largest absolute Gasteiger partial charge is 0.376 e. The van der Waals surface area contributed by atoms with Gasteiger partial charge in [-0.2, -0.15) is 0 Å². The van der Waals surface area contributed by atoms with Crippen molar-refractivity contribution in [2.24, 2.45) is 0 Å². The molecule has 0 radical (unpaired) electrons. The topological polar surface area (TPSA) is 84.5 Å². The molecule has 7 heteroatoms. The number of carbonyl (C=O) groups is 1. The highest BCUT2D eigenvalue weighted by Gasteiger charge is 2.17. The van der Waals surface area contributed by atoms with Crippen LogP contribution in [0, 0.1) is 0 Å². The number of sulfonamides is 1. The summed E-state index contributed by atoms with van der Waals surface area (Å²) in [6.45, 7) is 1.19. The highest BCUT2D eigenvalue weighted by molar-refractivity contribution is 7.92. The van der Waals surface area contributed by atoms with E-state index >= 15 is 0 Å². The summed E-state index contributed by atoms with van der Waals surface area (Å²) in [6, 6.07) is 14.5. The second-order valence-electron chi connectivity index (χ2n) is 5.84. The number of rotatable bonds is 6. The van der Waals surface area contributed by atoms with Crippen LogP contribution >= 0.6 is 0 Å². The Labute approximate surface area is 147 Å². The van der Waals surface area contributed by atoms with E-state index in [-0.39, 0.29) is 16.9 Å². The second-order valence-corrected chi connectivity index (χ2v) is 7.53. The molecule has 1 aliphatic heterocycles. The van der Waals surface area contributed by atoms with Gasteiger partial charge in [0.25, 0.3) is 15.9 Å². The lowest BCUT2D eigenvalue weighted by Crippen LogP contribution is -2.31. The van der Waals surface area contributed by atoms with E-state index < -0.39 is 10.0 Å². The predicted molar refractivity (Wildman–Crippen MR) is 95.0 cm³/mol. The predicted octanol–water partition coefficient (Wildman–Crippen LogP) is 2.40. The summed E-state index contributed by atoms with van der Waals surface area (Å²) in [7, 11) is -3.68. The summed E-state index contributed by atoms with van der Waals surface area (Å²) in [5.74, 6) is -0.253. The molecule has 1 aliphatic rings. The molecule has 0 bridgehead atoms. The van der Waals surface area contributed by atoms with Gasteiger partial charge in [0.2, 0.25) is 0 Å². The third-order valence-electron chi connectivity index (χ3n) is 3.94. The second kappa shape index (κ2) is 7.67. The number of hydrogen-bond donors (Lipinski definition) is 2. The van der Waals surface area contributed by atoms with E-state index in [9.17, 15) is 13.2 Å². The quantitative estimate of drug-likeness (QED) is 0.828. The molecule has 2 aromatic rings. The zero-order valence-corrected chi connectivity index (χ0v) is 14.5. The monoisotopic (exact) mass is 360 g/mol. The fraction of sp³-hybridized carbons (Fsp3) is 0.278. The van der Waals surface area contributed by atoms with E-state index in [0.717, 1.165) is 19.4 Å². The van der Waals surface area contributed by atoms with E-state index in [1.807, 2.05) is 0 Å². The Morgan fingerprint density at radius 2 is 1.92 bits per heavy atom. The number of carbonyl (C=O) groups excluding carboxylic acids is 1. The van der Waals surface area contributed by atoms with E-state index in [0.29, 0.717) is 17.8 Å². The Hall–Kier alpha value is -2.38. The van der Waals surface area contributed by atoms with Crippen molar-refractivity contribution in [1.29, 1.82) is 0 Å². The maximum atomic E-state index is 12.4. The van der Waals surface area contributed by atoms with Gasteiger partial charge in [0.1, 0.15) is 0 Å². The Bertz CT molecular complexity index is 831. The van der Waals surface area contributed by atoms with Gasteiger partial charge in [-0.15, -0.1) is 0 Å². The standard InChI is InChI=1S/C18H20N2O4S/c21-18(19-13-16-8-5-11-24-16)14-6-4-7-15(12-14)20-25(22,23)17-9-2-1-3-10-17/h1-4,6-7,9-10,12,16,20H,5,8,11,13H2,(H,19,21)/t16-/m1/s1. The van der Waals surface area contributed by atoms with Crippen molar-refractivity contribution in [3.63, 3.8) is 0 Å². The molecule has 1 amide bonds. The van der Waals surface area contributed by atoms with Crippen molar-refractivity contribution in [2.45, 2.75) is 23.8 Å². The lowest BCUT2D eigenvalue weighted by Gasteiger charge is -2.12. The summed E-state index contributed by atoms with van der Waals surface area (Å²) in [6.07, 6.45) is 2.01. The number of nitrogens with one attached hydrogen (secondary N) is 2. The van der Waals surface area contributed by atoms with Crippen LogP contribution in [-0.2, 0) is 14.8 Å². The van der Waals surface area contributed by atoms with Crippen molar-refractivity contribution in [2.75, 3.05) is 17.9 Å². The van der Waals surface area contributed by atoms with Crippen molar-refractivity contribution < 1.29 is 17.9 Å². The molecule has 0 aromatic heterocycles. The fourth-order valence-corrected chi connectivity index (χ4v) is 3.72. The van der Waals surface area contributed by atoms with Gasteiger partial charge in [-0.3, -0.25) is 9.52 Å². The molecule has 2 aromatic carbocycles. The SMILES string of the molecule is O=C(NC[C@H]1CCCO1)c1cccc(NS(=O)(=O)c2ccccc2)c1. The molecular weight excluding hydrogens is 340 g/mol. The summed E-state index contributed by atoms with van der Waals surface area (Å²) < 4.78 is 32.7. The van der Waals surface area contributed by atoms with Crippen LogP contribution in [0.25, 0.3) is 0 Å². The zero-order chi connectivity index (χ0) is 17.7. The maximum absolute atomic E-state index is 12.4. The zero-order valence-electron chi connectivity index (χ0n) is 13.6. The average molecular weight is 360 g/mol. The summed E-state index contributed by atoms with van der Waals surface area (Å²) >= 11 is 0. The molecule has 2 N–H and O–H groups in total. The van der Waals surface area contributed by atoms with Crippen LogP contribution < -0.4 is 10.0 Å². The smallest absolute Gasteiger partial charge is 0.261 e. The number of amides is 1. The third-order valence-corrected chi connectivity index (χ3v) is 5.34. The minimum absolute atomic E-state index is 0.0590. The molecule has 132 valence electrons. The van der Waals surface area contributed by atoms with Crippen LogP contribution in [0.1, 0.15) is 23.2 Å². The lowest BCUT2D eigenvalue weighted by atomic mass is 10.2. The van der Waals surface area contributed by atoms with Gasteiger partial charge < -0.3 is 10.1 Å². The number of hydrogen-bond acceptors (Lipinski definition) is 4. The van der Waals surface area contributed by atoms with Gasteiger partial charge >= 0.3 is 0 Å². The maximum Gasteiger partial charge on any atom is 0.261 e. The Balaban J connectivity index is 1.67. The molecule has 0 spiro atoms. The summed E-state index contributed by atoms with van der Waals surface area (Å²) in [4.78, 5) is 12.4. The van der Waals surface area contributed by atoms with E-state index in [2.05, 4.69) is 10.0 Å². The van der Waals surface area contributed by atoms with E-state index in [4.69, 9.17) is 4.74 Å². The Morgan fingerprint density at radius 1 is 1.12 bits per heavy atom. The molecule has 3 rings (SSSR count). The van der Waals surface area contributed by atoms with Crippen LogP contribution in [-0.4, -0.2) is 33.6 Å². The fourth-order valence-electron chi connectivity index (χ4n) is 2.65. The number of benzene rings is 2. The van der Waals surface area contributed by atoms with Crippen molar-refractivity contribution in [3.8, 4) is 0 Å². The minimum atomic E-state index is -3.68. The van der Waals surface area contributed by atoms with Crippen molar-refractivity contribution >= 4 is 21.6 Å². The first-order valence-electron chi connectivity index (χ1n) is 8.12. The van der Waals surface area contributed by atoms with Crippen LogP contribution in [0.4, 0.5) is 5.69 Å². The molecule has 1 fully saturated rings. The van der Waals surface area contributed by atoms with Crippen molar-refractivity contribution in [3.05, 3.63) is 60.2 Å². The molecule has 1 atom stereocenters. The normalized spacial score (nSPS) is 17.2. The highest BCUT2D eigenvalue weighted by Crippen LogP contribution is 2.17. The number of anilines is 1. The number of ether oxygens (including phenoxy) is 1. The van der Waals surface area contributed by atoms with Gasteiger partial charge in [0, 0.05) is 24.4 Å². The first-order valence-corrected chi connectivity index (χ1v) is 9.61. The van der Waals surface area contributed by atoms with Crippen LogP contribution in [0.5, 0.6) is 0 Å². The highest BCUT2D eigenvalue weighted by atomic mass is 32.2. The third kappa shape index (κ3) is 4.58. The molecule has 0 aliphatic carbocycles. The molecule has 25 heavy (non-hydrogen) atoms. The molecule has 6 nitrogen and oxygen atoms in total. The van der Waals surface area contributed by atoms with E-state index in [1.54, 1.807) is 36.4 Å². The van der Waals surface area contributed by atoms with Gasteiger partial charge in [-0.05, 0) is 43.2 Å². The Morgan fingerprint density at radius 3 is 2.64 bits per heavy atom. The molecule has 1 heterocycles. The minimum Gasteiger partial charge on any atom is -0.376 e. The summed E-state index contributed by atoms with van der Waals surface area (Å²) in [5, 5.41) is 2.82. The van der Waals surface area contributed by atoms with Gasteiger partial charge in [0.15, 0.2) is 0 Å².